The second-order valence-electron chi connectivity index (χ2n) is 3.63. The first-order valence-corrected chi connectivity index (χ1v) is 5.46. The number of carbonyl (C=O) groups is 1. The number of rotatable bonds is 2. The maximum Gasteiger partial charge on any atom is 0.409 e. The topological polar surface area (TPSA) is 61.5 Å². The lowest BCUT2D eigenvalue weighted by Crippen LogP contribution is -2.48. The van der Waals surface area contributed by atoms with Gasteiger partial charge in [-0.1, -0.05) is 0 Å². The quantitative estimate of drug-likeness (QED) is 0.802. The van der Waals surface area contributed by atoms with Crippen molar-refractivity contribution in [2.75, 3.05) is 37.7 Å². The molecular formula is C10H16N4O2. The van der Waals surface area contributed by atoms with E-state index in [0.29, 0.717) is 19.7 Å². The van der Waals surface area contributed by atoms with Gasteiger partial charge in [0.15, 0.2) is 0 Å². The first-order chi connectivity index (χ1) is 7.81. The summed E-state index contributed by atoms with van der Waals surface area (Å²) in [5, 5.41) is 6.69. The Morgan fingerprint density at radius 3 is 2.81 bits per heavy atom. The van der Waals surface area contributed by atoms with Crippen molar-refractivity contribution in [1.29, 1.82) is 0 Å². The number of amides is 1. The highest BCUT2D eigenvalue weighted by Crippen LogP contribution is 2.13. The van der Waals surface area contributed by atoms with Crippen molar-refractivity contribution < 1.29 is 9.53 Å². The van der Waals surface area contributed by atoms with Gasteiger partial charge in [0.05, 0.1) is 18.5 Å². The zero-order valence-corrected chi connectivity index (χ0v) is 9.35. The molecule has 1 aliphatic heterocycles. The van der Waals surface area contributed by atoms with Crippen LogP contribution in [0.4, 0.5) is 10.5 Å². The smallest absolute Gasteiger partial charge is 0.409 e. The van der Waals surface area contributed by atoms with Gasteiger partial charge in [-0.25, -0.2) is 4.79 Å². The minimum atomic E-state index is -0.214. The minimum Gasteiger partial charge on any atom is -0.450 e. The van der Waals surface area contributed by atoms with Gasteiger partial charge in [-0.3, -0.25) is 5.10 Å². The van der Waals surface area contributed by atoms with Crippen LogP contribution in [0.3, 0.4) is 0 Å². The summed E-state index contributed by atoms with van der Waals surface area (Å²) in [6, 6.07) is 0. The lowest BCUT2D eigenvalue weighted by molar-refractivity contribution is 0.105. The molecule has 0 bridgehead atoms. The number of aromatic amines is 1. The molecule has 2 rings (SSSR count). The number of carbonyl (C=O) groups excluding carboxylic acids is 1. The predicted molar refractivity (Wildman–Crippen MR) is 59.4 cm³/mol. The van der Waals surface area contributed by atoms with Gasteiger partial charge in [0, 0.05) is 32.4 Å². The number of nitrogens with one attached hydrogen (secondary N) is 1. The van der Waals surface area contributed by atoms with Crippen LogP contribution in [0.15, 0.2) is 12.4 Å². The van der Waals surface area contributed by atoms with Crippen molar-refractivity contribution in [2.24, 2.45) is 0 Å². The van der Waals surface area contributed by atoms with Crippen LogP contribution in [-0.2, 0) is 4.74 Å². The lowest BCUT2D eigenvalue weighted by atomic mass is 10.3. The third-order valence-electron chi connectivity index (χ3n) is 2.65. The molecule has 1 aliphatic rings. The Hall–Kier alpha value is -1.72. The highest BCUT2D eigenvalue weighted by molar-refractivity contribution is 5.68. The molecule has 2 heterocycles. The fraction of sp³-hybridized carbons (Fsp3) is 0.600. The summed E-state index contributed by atoms with van der Waals surface area (Å²) in [7, 11) is 0. The van der Waals surface area contributed by atoms with Gasteiger partial charge in [-0.05, 0) is 6.92 Å². The summed E-state index contributed by atoms with van der Waals surface area (Å²) >= 11 is 0. The SMILES string of the molecule is CCOC(=O)N1CCN(c2cn[nH]c2)CC1. The van der Waals surface area contributed by atoms with E-state index in [1.807, 2.05) is 13.1 Å². The Kier molecular flexibility index (Phi) is 3.28. The first kappa shape index (κ1) is 10.8. The van der Waals surface area contributed by atoms with E-state index in [2.05, 4.69) is 15.1 Å². The molecule has 1 amide bonds. The van der Waals surface area contributed by atoms with E-state index in [4.69, 9.17) is 4.74 Å². The predicted octanol–water partition coefficient (Wildman–Crippen LogP) is 0.688. The summed E-state index contributed by atoms with van der Waals surface area (Å²) in [5.74, 6) is 0. The van der Waals surface area contributed by atoms with Crippen molar-refractivity contribution >= 4 is 11.8 Å². The monoisotopic (exact) mass is 224 g/mol. The molecule has 0 atom stereocenters. The maximum atomic E-state index is 11.5. The number of hydrogen-bond donors (Lipinski definition) is 1. The molecule has 0 aromatic carbocycles. The van der Waals surface area contributed by atoms with Crippen LogP contribution in [0.2, 0.25) is 0 Å². The number of hydrogen-bond acceptors (Lipinski definition) is 4. The molecule has 6 heteroatoms. The van der Waals surface area contributed by atoms with Crippen molar-refractivity contribution in [3.8, 4) is 0 Å². The van der Waals surface area contributed by atoms with Crippen LogP contribution in [0.5, 0.6) is 0 Å². The standard InChI is InChI=1S/C10H16N4O2/c1-2-16-10(15)14-5-3-13(4-6-14)9-7-11-12-8-9/h7-8H,2-6H2,1H3,(H,11,12). The van der Waals surface area contributed by atoms with Gasteiger partial charge in [-0.2, -0.15) is 5.10 Å². The Labute approximate surface area is 94.2 Å². The molecule has 1 N–H and O–H groups in total. The summed E-state index contributed by atoms with van der Waals surface area (Å²) in [6.45, 7) is 5.28. The molecule has 1 aromatic rings. The first-order valence-electron chi connectivity index (χ1n) is 5.46. The van der Waals surface area contributed by atoms with Crippen LogP contribution in [0.25, 0.3) is 0 Å². The van der Waals surface area contributed by atoms with Gasteiger partial charge >= 0.3 is 6.09 Å². The molecule has 1 aromatic heterocycles. The van der Waals surface area contributed by atoms with Crippen molar-refractivity contribution in [3.63, 3.8) is 0 Å². The zero-order valence-electron chi connectivity index (χ0n) is 9.35. The second kappa shape index (κ2) is 4.87. The molecule has 0 aliphatic carbocycles. The van der Waals surface area contributed by atoms with Gasteiger partial charge in [-0.15, -0.1) is 0 Å². The maximum absolute atomic E-state index is 11.5. The Bertz CT molecular complexity index is 331. The van der Waals surface area contributed by atoms with Gasteiger partial charge in [0.2, 0.25) is 0 Å². The van der Waals surface area contributed by atoms with E-state index in [1.165, 1.54) is 0 Å². The normalized spacial score (nSPS) is 16.3. The molecule has 0 saturated carbocycles. The summed E-state index contributed by atoms with van der Waals surface area (Å²) in [5.41, 5.74) is 1.07. The number of H-pyrrole nitrogens is 1. The summed E-state index contributed by atoms with van der Waals surface area (Å²) in [6.07, 6.45) is 3.44. The minimum absolute atomic E-state index is 0.214. The molecule has 6 nitrogen and oxygen atoms in total. The molecule has 0 spiro atoms. The average Bonchev–Trinajstić information content (AvgIpc) is 2.83. The van der Waals surface area contributed by atoms with Crippen LogP contribution < -0.4 is 4.90 Å². The second-order valence-corrected chi connectivity index (χ2v) is 3.63. The van der Waals surface area contributed by atoms with Gasteiger partial charge < -0.3 is 14.5 Å². The number of anilines is 1. The van der Waals surface area contributed by atoms with Crippen molar-refractivity contribution in [1.82, 2.24) is 15.1 Å². The lowest BCUT2D eigenvalue weighted by Gasteiger charge is -2.34. The molecule has 88 valence electrons. The summed E-state index contributed by atoms with van der Waals surface area (Å²) < 4.78 is 4.96. The van der Waals surface area contributed by atoms with E-state index in [9.17, 15) is 4.79 Å². The van der Waals surface area contributed by atoms with E-state index in [-0.39, 0.29) is 6.09 Å². The largest absolute Gasteiger partial charge is 0.450 e. The Morgan fingerprint density at radius 2 is 2.25 bits per heavy atom. The van der Waals surface area contributed by atoms with Gasteiger partial charge in [0.1, 0.15) is 0 Å². The molecule has 1 saturated heterocycles. The number of aromatic nitrogens is 2. The fourth-order valence-electron chi connectivity index (χ4n) is 1.78. The van der Waals surface area contributed by atoms with Crippen LogP contribution >= 0.6 is 0 Å². The van der Waals surface area contributed by atoms with E-state index < -0.39 is 0 Å². The van der Waals surface area contributed by atoms with E-state index in [1.54, 1.807) is 11.1 Å². The van der Waals surface area contributed by atoms with Crippen molar-refractivity contribution in [2.45, 2.75) is 6.92 Å². The average molecular weight is 224 g/mol. The molecular weight excluding hydrogens is 208 g/mol. The van der Waals surface area contributed by atoms with Crippen LogP contribution in [0.1, 0.15) is 6.92 Å². The highest BCUT2D eigenvalue weighted by Gasteiger charge is 2.22. The highest BCUT2D eigenvalue weighted by atomic mass is 16.6. The number of nitrogens with zero attached hydrogens (tertiary/aromatic N) is 3. The van der Waals surface area contributed by atoms with Crippen molar-refractivity contribution in [3.05, 3.63) is 12.4 Å². The van der Waals surface area contributed by atoms with Gasteiger partial charge in [0.25, 0.3) is 0 Å². The summed E-state index contributed by atoms with van der Waals surface area (Å²) in [4.78, 5) is 15.4. The molecule has 1 fully saturated rings. The van der Waals surface area contributed by atoms with Crippen LogP contribution in [-0.4, -0.2) is 54.0 Å². The van der Waals surface area contributed by atoms with E-state index >= 15 is 0 Å². The fourth-order valence-corrected chi connectivity index (χ4v) is 1.78. The number of ether oxygens (including phenoxy) is 1. The Morgan fingerprint density at radius 1 is 1.50 bits per heavy atom. The Balaban J connectivity index is 1.85. The third kappa shape index (κ3) is 2.26. The third-order valence-corrected chi connectivity index (χ3v) is 2.65. The van der Waals surface area contributed by atoms with Crippen LogP contribution in [0, 0.1) is 0 Å². The molecule has 0 unspecified atom stereocenters. The number of piperazine rings is 1. The zero-order chi connectivity index (χ0) is 11.4. The molecule has 16 heavy (non-hydrogen) atoms. The van der Waals surface area contributed by atoms with E-state index in [0.717, 1.165) is 18.8 Å². The molecule has 0 radical (unpaired) electrons.